The van der Waals surface area contributed by atoms with Crippen molar-refractivity contribution in [2.24, 2.45) is 0 Å². The number of nitrogens with zero attached hydrogens (tertiary/aromatic N) is 1. The van der Waals surface area contributed by atoms with Gasteiger partial charge in [-0.15, -0.1) is 0 Å². The van der Waals surface area contributed by atoms with Gasteiger partial charge in [0.2, 0.25) is 0 Å². The van der Waals surface area contributed by atoms with Crippen LogP contribution in [0.1, 0.15) is 41.2 Å². The number of Topliss-reactive ketones (excluding diaryl/α,β-unsaturated/α-hetero) is 1. The summed E-state index contributed by atoms with van der Waals surface area (Å²) in [7, 11) is 4.16. The van der Waals surface area contributed by atoms with Gasteiger partial charge in [-0.05, 0) is 53.1 Å². The third-order valence-corrected chi connectivity index (χ3v) is 6.47. The van der Waals surface area contributed by atoms with E-state index in [1.807, 2.05) is 24.3 Å². The van der Waals surface area contributed by atoms with E-state index in [-0.39, 0.29) is 13.1 Å². The van der Waals surface area contributed by atoms with Crippen LogP contribution in [0.2, 0.25) is 5.02 Å². The quantitative estimate of drug-likeness (QED) is 0.204. The second-order valence-electron chi connectivity index (χ2n) is 8.95. The van der Waals surface area contributed by atoms with Gasteiger partial charge in [0.25, 0.3) is 0 Å². The van der Waals surface area contributed by atoms with Crippen molar-refractivity contribution in [1.82, 2.24) is 0 Å². The Bertz CT molecular complexity index is 1260. The van der Waals surface area contributed by atoms with Crippen LogP contribution in [0.15, 0.2) is 60.7 Å². The number of carbonyl (C=O) groups is 2. The number of aliphatic hydroxyl groups excluding tert-OH is 1. The molecule has 0 bridgehead atoms. The Labute approximate surface area is 235 Å². The third-order valence-electron chi connectivity index (χ3n) is 6.17. The number of hydrogen-bond acceptors (Lipinski definition) is 7. The fraction of sp³-hybridized carbons (Fsp3) is 0.310. The van der Waals surface area contributed by atoms with E-state index in [0.29, 0.717) is 17.2 Å². The molecule has 3 aromatic rings. The number of esters is 1. The van der Waals surface area contributed by atoms with Gasteiger partial charge in [-0.25, -0.2) is 0 Å². The van der Waals surface area contributed by atoms with Crippen LogP contribution in [0, 0.1) is 0 Å². The first kappa shape index (κ1) is 30.8. The monoisotopic (exact) mass is 579 g/mol. The smallest absolute Gasteiger partial charge is 0.418 e. The Morgan fingerprint density at radius 1 is 0.900 bits per heavy atom. The molecule has 0 aromatic heterocycles. The van der Waals surface area contributed by atoms with E-state index in [2.05, 4.69) is 4.74 Å². The number of methoxy groups -OCH3 is 3. The number of halogens is 4. The molecule has 0 saturated heterocycles. The molecule has 1 unspecified atom stereocenters. The maximum absolute atomic E-state index is 14.0. The van der Waals surface area contributed by atoms with Gasteiger partial charge in [0, 0.05) is 25.2 Å². The normalized spacial score (nSPS) is 12.0. The highest BCUT2D eigenvalue weighted by Crippen LogP contribution is 2.43. The van der Waals surface area contributed by atoms with E-state index in [1.54, 1.807) is 29.2 Å². The van der Waals surface area contributed by atoms with Crippen molar-refractivity contribution in [1.29, 1.82) is 0 Å². The molecule has 1 N–H and O–H groups in total. The summed E-state index contributed by atoms with van der Waals surface area (Å²) in [6, 6.07) is 16.7. The first-order chi connectivity index (χ1) is 18.9. The van der Waals surface area contributed by atoms with Gasteiger partial charge in [0.1, 0.15) is 23.7 Å². The second-order valence-corrected chi connectivity index (χ2v) is 9.36. The van der Waals surface area contributed by atoms with Gasteiger partial charge in [-0.1, -0.05) is 35.9 Å². The molecule has 214 valence electrons. The highest BCUT2D eigenvalue weighted by Gasteiger charge is 2.38. The number of ketones is 1. The number of benzene rings is 3. The summed E-state index contributed by atoms with van der Waals surface area (Å²) in [6.07, 6.45) is -8.18. The molecule has 7 nitrogen and oxygen atoms in total. The summed E-state index contributed by atoms with van der Waals surface area (Å²) < 4.78 is 57.0. The first-order valence-electron chi connectivity index (χ1n) is 12.1. The minimum atomic E-state index is -4.91. The van der Waals surface area contributed by atoms with Gasteiger partial charge in [0.15, 0.2) is 0 Å². The van der Waals surface area contributed by atoms with E-state index in [1.165, 1.54) is 26.4 Å². The molecular weight excluding hydrogens is 551 g/mol. The Morgan fingerprint density at radius 3 is 1.82 bits per heavy atom. The summed E-state index contributed by atoms with van der Waals surface area (Å²) in [5.74, 6) is -0.345. The molecule has 11 heteroatoms. The molecule has 0 heterocycles. The molecule has 0 aliphatic heterocycles. The van der Waals surface area contributed by atoms with Crippen LogP contribution >= 0.6 is 11.6 Å². The number of alkyl halides is 3. The number of ether oxygens (including phenoxy) is 3. The van der Waals surface area contributed by atoms with Crippen LogP contribution in [0.3, 0.4) is 0 Å². The highest BCUT2D eigenvalue weighted by molar-refractivity contribution is 6.31. The molecular formula is C29H29ClF3NO6. The summed E-state index contributed by atoms with van der Waals surface area (Å²) in [6.45, 7) is 0.545. The SMILES string of the molecule is COC(=O)CC(=O)CC(O)c1cc(N(Cc2ccc(OC)cc2)Cc2ccc(OC)cc2)cc(Cl)c1C(F)(F)F. The summed E-state index contributed by atoms with van der Waals surface area (Å²) >= 11 is 6.19. The zero-order valence-corrected chi connectivity index (χ0v) is 22.9. The largest absolute Gasteiger partial charge is 0.497 e. The molecule has 40 heavy (non-hydrogen) atoms. The van der Waals surface area contributed by atoms with Crippen molar-refractivity contribution < 1.29 is 42.1 Å². The molecule has 0 saturated carbocycles. The molecule has 0 radical (unpaired) electrons. The van der Waals surface area contributed by atoms with Gasteiger partial charge < -0.3 is 24.2 Å². The van der Waals surface area contributed by atoms with E-state index < -0.39 is 53.0 Å². The summed E-state index contributed by atoms with van der Waals surface area (Å²) in [5, 5.41) is 10.1. The van der Waals surface area contributed by atoms with Crippen LogP contribution in [-0.2, 0) is 33.6 Å². The Balaban J connectivity index is 2.06. The van der Waals surface area contributed by atoms with E-state index >= 15 is 0 Å². The van der Waals surface area contributed by atoms with Crippen molar-refractivity contribution in [3.63, 3.8) is 0 Å². The van der Waals surface area contributed by atoms with Crippen LogP contribution in [0.4, 0.5) is 18.9 Å². The molecule has 3 aromatic carbocycles. The van der Waals surface area contributed by atoms with Crippen LogP contribution in [0.5, 0.6) is 11.5 Å². The number of hydrogen-bond donors (Lipinski definition) is 1. The lowest BCUT2D eigenvalue weighted by atomic mass is 9.96. The third kappa shape index (κ3) is 8.12. The van der Waals surface area contributed by atoms with Crippen molar-refractivity contribution in [2.75, 3.05) is 26.2 Å². The van der Waals surface area contributed by atoms with E-state index in [9.17, 15) is 27.9 Å². The number of aliphatic hydroxyl groups is 1. The molecule has 0 spiro atoms. The van der Waals surface area contributed by atoms with Crippen LogP contribution < -0.4 is 14.4 Å². The molecule has 0 aliphatic carbocycles. The molecule has 0 aliphatic rings. The Morgan fingerprint density at radius 2 is 1.40 bits per heavy atom. The average Bonchev–Trinajstić information content (AvgIpc) is 2.92. The van der Waals surface area contributed by atoms with Crippen molar-refractivity contribution in [3.8, 4) is 11.5 Å². The standard InChI is InChI=1S/C29H29ClF3NO6/c1-38-22-8-4-18(5-9-22)16-34(17-19-6-10-23(39-2)11-7-19)20-12-24(28(25(30)13-20)29(31,32)33)26(36)14-21(35)15-27(37)40-3/h4-13,26,36H,14-17H2,1-3H3. The fourth-order valence-corrected chi connectivity index (χ4v) is 4.46. The van der Waals surface area contributed by atoms with Crippen LogP contribution in [-0.4, -0.2) is 38.2 Å². The van der Waals surface area contributed by atoms with Crippen molar-refractivity contribution >= 4 is 29.0 Å². The van der Waals surface area contributed by atoms with Crippen molar-refractivity contribution in [2.45, 2.75) is 38.2 Å². The maximum Gasteiger partial charge on any atom is 0.418 e. The van der Waals surface area contributed by atoms with E-state index in [4.69, 9.17) is 21.1 Å². The van der Waals surface area contributed by atoms with E-state index in [0.717, 1.165) is 18.2 Å². The maximum atomic E-state index is 14.0. The minimum absolute atomic E-state index is 0.272. The number of anilines is 1. The second kappa shape index (κ2) is 13.5. The lowest BCUT2D eigenvalue weighted by Crippen LogP contribution is -2.24. The van der Waals surface area contributed by atoms with Gasteiger partial charge in [0.05, 0.1) is 38.0 Å². The van der Waals surface area contributed by atoms with Crippen molar-refractivity contribution in [3.05, 3.63) is 87.9 Å². The minimum Gasteiger partial charge on any atom is -0.497 e. The average molecular weight is 580 g/mol. The highest BCUT2D eigenvalue weighted by atomic mass is 35.5. The Hall–Kier alpha value is -3.76. The molecule has 0 fully saturated rings. The zero-order chi connectivity index (χ0) is 29.4. The van der Waals surface area contributed by atoms with Gasteiger partial charge in [-0.3, -0.25) is 9.59 Å². The van der Waals surface area contributed by atoms with Crippen LogP contribution in [0.25, 0.3) is 0 Å². The lowest BCUT2D eigenvalue weighted by molar-refractivity contribution is -0.144. The first-order valence-corrected chi connectivity index (χ1v) is 12.5. The lowest BCUT2D eigenvalue weighted by Gasteiger charge is -2.28. The summed E-state index contributed by atoms with van der Waals surface area (Å²) in [5.41, 5.74) is 0.147. The van der Waals surface area contributed by atoms with Gasteiger partial charge >= 0.3 is 12.1 Å². The predicted octanol–water partition coefficient (Wildman–Crippen LogP) is 6.14. The summed E-state index contributed by atoms with van der Waals surface area (Å²) in [4.78, 5) is 25.5. The number of carbonyl (C=O) groups excluding carboxylic acids is 2. The molecule has 1 atom stereocenters. The van der Waals surface area contributed by atoms with Gasteiger partial charge in [-0.2, -0.15) is 13.2 Å². The Kier molecular flexibility index (Phi) is 10.4. The number of rotatable bonds is 12. The fourth-order valence-electron chi connectivity index (χ4n) is 4.13. The predicted molar refractivity (Wildman–Crippen MR) is 144 cm³/mol. The topological polar surface area (TPSA) is 85.3 Å². The molecule has 3 rings (SSSR count). The molecule has 0 amide bonds. The zero-order valence-electron chi connectivity index (χ0n) is 22.1.